The molecular weight excluding hydrogens is 340 g/mol. The summed E-state index contributed by atoms with van der Waals surface area (Å²) in [5.74, 6) is -0.108. The van der Waals surface area contributed by atoms with Crippen molar-refractivity contribution in [1.82, 2.24) is 14.5 Å². The molecule has 1 aromatic carbocycles. The molecule has 7 nitrogen and oxygen atoms in total. The Hall–Kier alpha value is -1.48. The lowest BCUT2D eigenvalue weighted by Crippen LogP contribution is -2.48. The van der Waals surface area contributed by atoms with Gasteiger partial charge in [-0.2, -0.15) is 4.31 Å². The highest BCUT2D eigenvalue weighted by Crippen LogP contribution is 2.21. The summed E-state index contributed by atoms with van der Waals surface area (Å²) in [4.78, 5) is 14.7. The third-order valence-corrected chi connectivity index (χ3v) is 6.79. The number of hydrogen-bond donors (Lipinski definition) is 2. The van der Waals surface area contributed by atoms with Gasteiger partial charge < -0.3 is 15.5 Å². The summed E-state index contributed by atoms with van der Waals surface area (Å²) < 4.78 is 27.2. The second-order valence-electron chi connectivity index (χ2n) is 6.50. The zero-order valence-corrected chi connectivity index (χ0v) is 15.4. The van der Waals surface area contributed by atoms with Crippen LogP contribution in [0.4, 0.5) is 5.69 Å². The number of rotatable bonds is 5. The van der Waals surface area contributed by atoms with Gasteiger partial charge in [0, 0.05) is 31.9 Å². The van der Waals surface area contributed by atoms with E-state index in [1.54, 1.807) is 24.3 Å². The Kier molecular flexibility index (Phi) is 5.73. The van der Waals surface area contributed by atoms with Crippen LogP contribution < -0.4 is 10.6 Å². The molecule has 138 valence electrons. The van der Waals surface area contributed by atoms with E-state index < -0.39 is 10.0 Å². The van der Waals surface area contributed by atoms with E-state index in [4.69, 9.17) is 0 Å². The highest BCUT2D eigenvalue weighted by atomic mass is 32.2. The lowest BCUT2D eigenvalue weighted by molar-refractivity contribution is -0.117. The number of anilines is 1. The predicted molar refractivity (Wildman–Crippen MR) is 97.0 cm³/mol. The minimum atomic E-state index is -3.53. The molecule has 0 saturated carbocycles. The maximum absolute atomic E-state index is 12.9. The Labute approximate surface area is 149 Å². The first-order valence-electron chi connectivity index (χ1n) is 8.87. The van der Waals surface area contributed by atoms with E-state index in [1.165, 1.54) is 4.31 Å². The average Bonchev–Trinajstić information content (AvgIpc) is 3.17. The first-order valence-corrected chi connectivity index (χ1v) is 10.3. The van der Waals surface area contributed by atoms with Crippen LogP contribution in [0, 0.1) is 0 Å². The number of piperazine rings is 1. The monoisotopic (exact) mass is 366 g/mol. The molecule has 1 unspecified atom stereocenters. The number of carbonyl (C=O) groups is 1. The molecular formula is C17H26N4O3S. The molecule has 0 aromatic heterocycles. The summed E-state index contributed by atoms with van der Waals surface area (Å²) in [6, 6.07) is 6.34. The van der Waals surface area contributed by atoms with Gasteiger partial charge in [-0.15, -0.1) is 0 Å². The summed E-state index contributed by atoms with van der Waals surface area (Å²) in [6.45, 7) is 6.35. The minimum absolute atomic E-state index is 0.108. The summed E-state index contributed by atoms with van der Waals surface area (Å²) in [5.41, 5.74) is 0.520. The molecule has 2 aliphatic heterocycles. The van der Waals surface area contributed by atoms with Crippen LogP contribution in [0.2, 0.25) is 0 Å². The second kappa shape index (κ2) is 7.82. The molecule has 1 aromatic rings. The number of benzene rings is 1. The van der Waals surface area contributed by atoms with Crippen molar-refractivity contribution in [2.45, 2.75) is 30.7 Å². The molecule has 0 spiro atoms. The van der Waals surface area contributed by atoms with Crippen molar-refractivity contribution in [2.75, 3.05) is 44.6 Å². The third kappa shape index (κ3) is 4.20. The summed E-state index contributed by atoms with van der Waals surface area (Å²) >= 11 is 0. The van der Waals surface area contributed by atoms with Crippen molar-refractivity contribution in [3.8, 4) is 0 Å². The van der Waals surface area contributed by atoms with Gasteiger partial charge in [0.25, 0.3) is 0 Å². The highest BCUT2D eigenvalue weighted by molar-refractivity contribution is 7.89. The Morgan fingerprint density at radius 2 is 2.04 bits per heavy atom. The van der Waals surface area contributed by atoms with Crippen LogP contribution in [0.15, 0.2) is 29.2 Å². The number of sulfonamides is 1. The fourth-order valence-corrected chi connectivity index (χ4v) is 4.78. The Bertz CT molecular complexity index is 708. The van der Waals surface area contributed by atoms with Gasteiger partial charge >= 0.3 is 0 Å². The lowest BCUT2D eigenvalue weighted by Gasteiger charge is -2.33. The molecule has 2 aliphatic rings. The van der Waals surface area contributed by atoms with Crippen LogP contribution in [0.5, 0.6) is 0 Å². The molecule has 2 N–H and O–H groups in total. The highest BCUT2D eigenvalue weighted by Gasteiger charge is 2.28. The van der Waals surface area contributed by atoms with E-state index in [0.717, 1.165) is 39.0 Å². The van der Waals surface area contributed by atoms with Crippen molar-refractivity contribution >= 4 is 21.6 Å². The maximum Gasteiger partial charge on any atom is 0.243 e. The van der Waals surface area contributed by atoms with Crippen LogP contribution in [0.3, 0.4) is 0 Å². The first-order chi connectivity index (χ1) is 12.0. The summed E-state index contributed by atoms with van der Waals surface area (Å²) in [5, 5.41) is 5.96. The smallest absolute Gasteiger partial charge is 0.243 e. The molecule has 3 rings (SSSR count). The largest absolute Gasteiger partial charge is 0.325 e. The van der Waals surface area contributed by atoms with Gasteiger partial charge in [0.1, 0.15) is 0 Å². The second-order valence-corrected chi connectivity index (χ2v) is 8.44. The number of amides is 1. The van der Waals surface area contributed by atoms with Crippen LogP contribution in [-0.2, 0) is 14.8 Å². The van der Waals surface area contributed by atoms with E-state index in [1.807, 2.05) is 0 Å². The molecule has 8 heteroatoms. The van der Waals surface area contributed by atoms with E-state index in [0.29, 0.717) is 18.8 Å². The van der Waals surface area contributed by atoms with Crippen LogP contribution in [0.1, 0.15) is 19.8 Å². The van der Waals surface area contributed by atoms with Crippen molar-refractivity contribution in [3.63, 3.8) is 0 Å². The normalized spacial score (nSPS) is 22.8. The molecule has 1 atom stereocenters. The minimum Gasteiger partial charge on any atom is -0.325 e. The zero-order valence-electron chi connectivity index (χ0n) is 14.6. The number of likely N-dealkylation sites (N-methyl/N-ethyl adjacent to an activating group) is 1. The van der Waals surface area contributed by atoms with Crippen LogP contribution >= 0.6 is 0 Å². The molecule has 2 heterocycles. The van der Waals surface area contributed by atoms with E-state index in [2.05, 4.69) is 22.5 Å². The SMILES string of the molecule is CCN1CCN(S(=O)(=O)c2cccc(NC(=O)C3CCCN3)c2)CC1. The average molecular weight is 366 g/mol. The zero-order chi connectivity index (χ0) is 17.9. The molecule has 2 fully saturated rings. The summed E-state index contributed by atoms with van der Waals surface area (Å²) in [6.07, 6.45) is 1.79. The molecule has 2 saturated heterocycles. The van der Waals surface area contributed by atoms with Crippen LogP contribution in [0.25, 0.3) is 0 Å². The topological polar surface area (TPSA) is 81.8 Å². The van der Waals surface area contributed by atoms with Gasteiger partial charge in [0.15, 0.2) is 0 Å². The maximum atomic E-state index is 12.9. The van der Waals surface area contributed by atoms with Gasteiger partial charge in [0.2, 0.25) is 15.9 Å². The first kappa shape index (κ1) is 18.3. The van der Waals surface area contributed by atoms with E-state index >= 15 is 0 Å². The van der Waals surface area contributed by atoms with Crippen molar-refractivity contribution in [2.24, 2.45) is 0 Å². The van der Waals surface area contributed by atoms with Crippen molar-refractivity contribution < 1.29 is 13.2 Å². The fraction of sp³-hybridized carbons (Fsp3) is 0.588. The van der Waals surface area contributed by atoms with Crippen LogP contribution in [-0.4, -0.2) is 68.8 Å². The van der Waals surface area contributed by atoms with E-state index in [9.17, 15) is 13.2 Å². The molecule has 0 aliphatic carbocycles. The van der Waals surface area contributed by atoms with Gasteiger partial charge in [-0.05, 0) is 44.1 Å². The number of nitrogens with zero attached hydrogens (tertiary/aromatic N) is 2. The molecule has 0 radical (unpaired) electrons. The quantitative estimate of drug-likeness (QED) is 0.802. The fourth-order valence-electron chi connectivity index (χ4n) is 3.31. The van der Waals surface area contributed by atoms with E-state index in [-0.39, 0.29) is 16.8 Å². The predicted octanol–water partition coefficient (Wildman–Crippen LogP) is 0.703. The molecule has 1 amide bonds. The number of nitrogens with one attached hydrogen (secondary N) is 2. The van der Waals surface area contributed by atoms with Gasteiger partial charge in [-0.25, -0.2) is 8.42 Å². The third-order valence-electron chi connectivity index (χ3n) is 4.89. The Morgan fingerprint density at radius 3 is 2.68 bits per heavy atom. The lowest BCUT2D eigenvalue weighted by atomic mass is 10.2. The van der Waals surface area contributed by atoms with Gasteiger partial charge in [-0.1, -0.05) is 13.0 Å². The summed E-state index contributed by atoms with van der Waals surface area (Å²) in [7, 11) is -3.53. The standard InChI is InChI=1S/C17H26N4O3S/c1-2-20-9-11-21(12-10-20)25(23,24)15-6-3-5-14(13-15)19-17(22)16-7-4-8-18-16/h3,5-6,13,16,18H,2,4,7-12H2,1H3,(H,19,22). The molecule has 25 heavy (non-hydrogen) atoms. The van der Waals surface area contributed by atoms with Crippen molar-refractivity contribution in [1.29, 1.82) is 0 Å². The Morgan fingerprint density at radius 1 is 1.28 bits per heavy atom. The molecule has 0 bridgehead atoms. The van der Waals surface area contributed by atoms with Gasteiger partial charge in [-0.3, -0.25) is 4.79 Å². The number of hydrogen-bond acceptors (Lipinski definition) is 5. The Balaban J connectivity index is 1.70. The number of carbonyl (C=O) groups excluding carboxylic acids is 1. The van der Waals surface area contributed by atoms with Gasteiger partial charge in [0.05, 0.1) is 10.9 Å². The van der Waals surface area contributed by atoms with Crippen molar-refractivity contribution in [3.05, 3.63) is 24.3 Å².